The van der Waals surface area contributed by atoms with E-state index >= 15 is 0 Å². The van der Waals surface area contributed by atoms with Crippen molar-refractivity contribution < 1.29 is 0 Å². The van der Waals surface area contributed by atoms with Gasteiger partial charge in [-0.25, -0.2) is 0 Å². The summed E-state index contributed by atoms with van der Waals surface area (Å²) in [5, 5.41) is 4.46. The molecular formula is C18H30Cl2IN5. The minimum Gasteiger partial charge on any atom is -0.370 e. The number of nitrogens with one attached hydrogen (secondary N) is 1. The first-order valence-corrected chi connectivity index (χ1v) is 9.64. The maximum absolute atomic E-state index is 6.24. The lowest BCUT2D eigenvalue weighted by atomic mass is 10.1. The minimum absolute atomic E-state index is 0. The van der Waals surface area contributed by atoms with Crippen LogP contribution in [0.1, 0.15) is 32.4 Å². The zero-order valence-electron chi connectivity index (χ0n) is 15.7. The maximum atomic E-state index is 6.24. The lowest BCUT2D eigenvalue weighted by Gasteiger charge is -2.37. The fourth-order valence-corrected chi connectivity index (χ4v) is 3.64. The number of aliphatic imine (C=N–C) groups is 1. The molecule has 0 aromatic heterocycles. The van der Waals surface area contributed by atoms with Crippen molar-refractivity contribution in [3.8, 4) is 0 Å². The maximum Gasteiger partial charge on any atom is 0.189 e. The Morgan fingerprint density at radius 2 is 1.88 bits per heavy atom. The van der Waals surface area contributed by atoms with Gasteiger partial charge < -0.3 is 16.0 Å². The summed E-state index contributed by atoms with van der Waals surface area (Å²) in [6.45, 7) is 12.7. The molecule has 2 rings (SSSR count). The van der Waals surface area contributed by atoms with Crippen LogP contribution in [0.4, 0.5) is 0 Å². The molecular weight excluding hydrogens is 484 g/mol. The molecule has 0 aliphatic carbocycles. The summed E-state index contributed by atoms with van der Waals surface area (Å²) in [7, 11) is 0. The Morgan fingerprint density at radius 3 is 2.46 bits per heavy atom. The number of hydrogen-bond acceptors (Lipinski definition) is 3. The van der Waals surface area contributed by atoms with E-state index in [0.717, 1.165) is 38.3 Å². The standard InChI is InChI=1S/C18H29Cl2N5.HI/c1-4-24-7-9-25(10-8-24)13(2)12-22-18(21)23-14(3)16-6-5-15(19)11-17(16)20;/h5-6,11,13-14H,4,7-10,12H2,1-3H3,(H3,21,22,23);1H. The summed E-state index contributed by atoms with van der Waals surface area (Å²) in [6, 6.07) is 5.82. The van der Waals surface area contributed by atoms with Crippen molar-refractivity contribution in [2.24, 2.45) is 10.7 Å². The Kier molecular flexibility index (Phi) is 10.5. The summed E-state index contributed by atoms with van der Waals surface area (Å²) >= 11 is 12.2. The number of benzene rings is 1. The van der Waals surface area contributed by atoms with E-state index in [4.69, 9.17) is 28.9 Å². The summed E-state index contributed by atoms with van der Waals surface area (Å²) in [5.41, 5.74) is 7.01. The molecule has 8 heteroatoms. The van der Waals surface area contributed by atoms with Crippen molar-refractivity contribution in [1.82, 2.24) is 15.1 Å². The van der Waals surface area contributed by atoms with Crippen LogP contribution in [0.25, 0.3) is 0 Å². The second-order valence-corrected chi connectivity index (χ2v) is 7.42. The highest BCUT2D eigenvalue weighted by Crippen LogP contribution is 2.25. The topological polar surface area (TPSA) is 56.9 Å². The van der Waals surface area contributed by atoms with E-state index in [-0.39, 0.29) is 30.0 Å². The van der Waals surface area contributed by atoms with Gasteiger partial charge in [-0.1, -0.05) is 36.2 Å². The highest BCUT2D eigenvalue weighted by atomic mass is 127. The first-order valence-electron chi connectivity index (χ1n) is 8.88. The Hall–Kier alpha value is -0.280. The number of piperazine rings is 1. The molecule has 2 unspecified atom stereocenters. The third kappa shape index (κ3) is 7.03. The molecule has 1 fully saturated rings. The van der Waals surface area contributed by atoms with Crippen molar-refractivity contribution in [3.63, 3.8) is 0 Å². The zero-order valence-corrected chi connectivity index (χ0v) is 19.6. The van der Waals surface area contributed by atoms with Gasteiger partial charge in [-0.2, -0.15) is 0 Å². The first kappa shape index (κ1) is 23.8. The van der Waals surface area contributed by atoms with Crippen LogP contribution < -0.4 is 11.1 Å². The average Bonchev–Trinajstić information content (AvgIpc) is 2.59. The van der Waals surface area contributed by atoms with E-state index in [0.29, 0.717) is 28.6 Å². The summed E-state index contributed by atoms with van der Waals surface area (Å²) in [6.07, 6.45) is 0. The molecule has 0 saturated carbocycles. The van der Waals surface area contributed by atoms with Gasteiger partial charge >= 0.3 is 0 Å². The van der Waals surface area contributed by atoms with Gasteiger partial charge in [0.25, 0.3) is 0 Å². The second kappa shape index (κ2) is 11.5. The molecule has 1 saturated heterocycles. The molecule has 1 aromatic carbocycles. The van der Waals surface area contributed by atoms with Crippen LogP contribution in [0, 0.1) is 0 Å². The summed E-state index contributed by atoms with van der Waals surface area (Å²) in [4.78, 5) is 9.46. The molecule has 1 aromatic rings. The van der Waals surface area contributed by atoms with E-state index in [9.17, 15) is 0 Å². The van der Waals surface area contributed by atoms with Crippen molar-refractivity contribution in [2.75, 3.05) is 39.3 Å². The zero-order chi connectivity index (χ0) is 18.4. The van der Waals surface area contributed by atoms with Gasteiger partial charge in [0.05, 0.1) is 12.6 Å². The Bertz CT molecular complexity index is 591. The average molecular weight is 514 g/mol. The molecule has 1 aliphatic rings. The van der Waals surface area contributed by atoms with E-state index in [1.54, 1.807) is 6.07 Å². The van der Waals surface area contributed by atoms with Gasteiger partial charge in [0.1, 0.15) is 0 Å². The molecule has 0 bridgehead atoms. The second-order valence-electron chi connectivity index (χ2n) is 6.58. The number of nitrogens with zero attached hydrogens (tertiary/aromatic N) is 3. The van der Waals surface area contributed by atoms with Crippen LogP contribution in [0.3, 0.4) is 0 Å². The first-order chi connectivity index (χ1) is 11.9. The van der Waals surface area contributed by atoms with Crippen LogP contribution in [0.15, 0.2) is 23.2 Å². The Balaban J connectivity index is 0.00000338. The van der Waals surface area contributed by atoms with E-state index in [1.165, 1.54) is 0 Å². The monoisotopic (exact) mass is 513 g/mol. The molecule has 5 nitrogen and oxygen atoms in total. The molecule has 148 valence electrons. The Morgan fingerprint density at radius 1 is 1.23 bits per heavy atom. The van der Waals surface area contributed by atoms with Gasteiger partial charge in [-0.3, -0.25) is 9.89 Å². The number of nitrogens with two attached hydrogens (primary N) is 1. The number of likely N-dealkylation sites (N-methyl/N-ethyl adjacent to an activating group) is 1. The molecule has 1 heterocycles. The third-order valence-corrected chi connectivity index (χ3v) is 5.36. The van der Waals surface area contributed by atoms with Crippen LogP contribution in [-0.4, -0.2) is 61.1 Å². The van der Waals surface area contributed by atoms with E-state index < -0.39 is 0 Å². The van der Waals surface area contributed by atoms with Crippen molar-refractivity contribution in [3.05, 3.63) is 33.8 Å². The normalized spacial score (nSPS) is 18.9. The van der Waals surface area contributed by atoms with E-state index in [2.05, 4.69) is 34.0 Å². The predicted molar refractivity (Wildman–Crippen MR) is 123 cm³/mol. The van der Waals surface area contributed by atoms with Crippen molar-refractivity contribution in [2.45, 2.75) is 32.9 Å². The number of rotatable bonds is 6. The smallest absolute Gasteiger partial charge is 0.189 e. The van der Waals surface area contributed by atoms with Crippen LogP contribution in [0.5, 0.6) is 0 Å². The fourth-order valence-electron chi connectivity index (χ4n) is 3.06. The molecule has 1 aliphatic heterocycles. The van der Waals surface area contributed by atoms with E-state index in [1.807, 2.05) is 19.1 Å². The largest absolute Gasteiger partial charge is 0.370 e. The van der Waals surface area contributed by atoms with Crippen LogP contribution in [-0.2, 0) is 0 Å². The number of halogens is 3. The highest BCUT2D eigenvalue weighted by Gasteiger charge is 2.20. The molecule has 3 N–H and O–H groups in total. The lowest BCUT2D eigenvalue weighted by molar-refractivity contribution is 0.109. The molecule has 0 spiro atoms. The molecule has 2 atom stereocenters. The van der Waals surface area contributed by atoms with Crippen molar-refractivity contribution >= 4 is 53.1 Å². The van der Waals surface area contributed by atoms with Gasteiger partial charge in [-0.05, 0) is 38.1 Å². The molecule has 26 heavy (non-hydrogen) atoms. The quantitative estimate of drug-likeness (QED) is 0.346. The Labute approximate surface area is 184 Å². The predicted octanol–water partition coefficient (Wildman–Crippen LogP) is 3.60. The summed E-state index contributed by atoms with van der Waals surface area (Å²) < 4.78 is 0. The summed E-state index contributed by atoms with van der Waals surface area (Å²) in [5.74, 6) is 0.442. The van der Waals surface area contributed by atoms with Crippen molar-refractivity contribution in [1.29, 1.82) is 0 Å². The minimum atomic E-state index is -0.0306. The molecule has 0 amide bonds. The van der Waals surface area contributed by atoms with Crippen LogP contribution in [0.2, 0.25) is 10.0 Å². The highest BCUT2D eigenvalue weighted by molar-refractivity contribution is 14.0. The van der Waals surface area contributed by atoms with Gasteiger partial charge in [0.15, 0.2) is 5.96 Å². The SMILES string of the molecule is CCN1CCN(C(C)CN=C(N)NC(C)c2ccc(Cl)cc2Cl)CC1.I. The number of guanidine groups is 1. The third-order valence-electron chi connectivity index (χ3n) is 4.80. The number of hydrogen-bond donors (Lipinski definition) is 2. The fraction of sp³-hybridized carbons (Fsp3) is 0.611. The van der Waals surface area contributed by atoms with Gasteiger partial charge in [0.2, 0.25) is 0 Å². The lowest BCUT2D eigenvalue weighted by Crippen LogP contribution is -2.50. The van der Waals surface area contributed by atoms with Gasteiger partial charge in [0, 0.05) is 42.3 Å². The molecule has 0 radical (unpaired) electrons. The van der Waals surface area contributed by atoms with Gasteiger partial charge in [-0.15, -0.1) is 24.0 Å². The van der Waals surface area contributed by atoms with Crippen LogP contribution >= 0.6 is 47.2 Å².